The minimum Gasteiger partial charge on any atom is -0.0853 e. The molecule has 1 rings (SSSR count). The highest BCUT2D eigenvalue weighted by Crippen LogP contribution is 2.18. The number of rotatable bonds is 1. The minimum atomic E-state index is 1.28. The average Bonchev–Trinajstić information content (AvgIpc) is 2.19. The van der Waals surface area contributed by atoms with Crippen LogP contribution in [0.5, 0.6) is 0 Å². The normalized spacial score (nSPS) is 21.9. The molecule has 0 fully saturated rings. The predicted molar refractivity (Wildman–Crippen MR) is 64.5 cm³/mol. The summed E-state index contributed by atoms with van der Waals surface area (Å²) >= 11 is 0. The Morgan fingerprint density at radius 1 is 0.857 bits per heavy atom. The van der Waals surface area contributed by atoms with Crippen molar-refractivity contribution in [3.05, 3.63) is 11.6 Å². The smallest absolute Gasteiger partial charge is 0.0320 e. The van der Waals surface area contributed by atoms with Gasteiger partial charge in [0, 0.05) is 0 Å². The highest BCUT2D eigenvalue weighted by molar-refractivity contribution is 5.00. The predicted octanol–water partition coefficient (Wildman–Crippen LogP) is 5.24. The second-order valence-corrected chi connectivity index (χ2v) is 4.58. The van der Waals surface area contributed by atoms with Gasteiger partial charge in [-0.15, -0.1) is 0 Å². The maximum Gasteiger partial charge on any atom is -0.0320 e. The van der Waals surface area contributed by atoms with Crippen LogP contribution in [0.4, 0.5) is 0 Å². The second kappa shape index (κ2) is 8.08. The zero-order chi connectivity index (χ0) is 10.1. The van der Waals surface area contributed by atoms with Gasteiger partial charge in [0.15, 0.2) is 0 Å². The molecule has 0 aromatic rings. The first-order valence-electron chi connectivity index (χ1n) is 6.61. The van der Waals surface area contributed by atoms with Gasteiger partial charge in [-0.3, -0.25) is 0 Å². The molecule has 0 aliphatic heterocycles. The monoisotopic (exact) mass is 194 g/mol. The molecular weight excluding hydrogens is 168 g/mol. The quantitative estimate of drug-likeness (QED) is 0.501. The Balaban J connectivity index is 2.29. The number of hydrogen-bond donors (Lipinski definition) is 0. The van der Waals surface area contributed by atoms with Crippen LogP contribution in [0.15, 0.2) is 11.6 Å². The molecule has 0 nitrogen and oxygen atoms in total. The van der Waals surface area contributed by atoms with Crippen LogP contribution in [0.3, 0.4) is 0 Å². The maximum absolute atomic E-state index is 2.52. The van der Waals surface area contributed by atoms with Gasteiger partial charge in [-0.05, 0) is 32.1 Å². The van der Waals surface area contributed by atoms with Crippen LogP contribution in [-0.2, 0) is 0 Å². The summed E-state index contributed by atoms with van der Waals surface area (Å²) in [6.07, 6.45) is 18.1. The van der Waals surface area contributed by atoms with Crippen molar-refractivity contribution in [2.75, 3.05) is 0 Å². The van der Waals surface area contributed by atoms with E-state index in [-0.39, 0.29) is 0 Å². The summed E-state index contributed by atoms with van der Waals surface area (Å²) in [6, 6.07) is 0. The largest absolute Gasteiger partial charge is 0.0853 e. The van der Waals surface area contributed by atoms with Crippen molar-refractivity contribution < 1.29 is 0 Å². The highest BCUT2D eigenvalue weighted by Gasteiger charge is 1.98. The Kier molecular flexibility index (Phi) is 6.82. The van der Waals surface area contributed by atoms with Crippen molar-refractivity contribution in [2.24, 2.45) is 0 Å². The molecule has 0 N–H and O–H groups in total. The fraction of sp³-hybridized carbons (Fsp3) is 0.857. The van der Waals surface area contributed by atoms with Crippen molar-refractivity contribution >= 4 is 0 Å². The topological polar surface area (TPSA) is 0 Å². The van der Waals surface area contributed by atoms with Crippen LogP contribution in [-0.4, -0.2) is 0 Å². The summed E-state index contributed by atoms with van der Waals surface area (Å²) in [5, 5.41) is 0. The van der Waals surface area contributed by atoms with Gasteiger partial charge in [-0.25, -0.2) is 0 Å². The molecule has 0 heteroatoms. The first-order chi connectivity index (χ1) is 6.93. The lowest BCUT2D eigenvalue weighted by Crippen LogP contribution is -1.87. The van der Waals surface area contributed by atoms with E-state index in [0.717, 1.165) is 0 Å². The van der Waals surface area contributed by atoms with Gasteiger partial charge < -0.3 is 0 Å². The summed E-state index contributed by atoms with van der Waals surface area (Å²) < 4.78 is 0. The van der Waals surface area contributed by atoms with E-state index in [1.54, 1.807) is 5.57 Å². The number of hydrogen-bond acceptors (Lipinski definition) is 0. The zero-order valence-electron chi connectivity index (χ0n) is 9.86. The minimum absolute atomic E-state index is 1.28. The van der Waals surface area contributed by atoms with Crippen LogP contribution >= 0.6 is 0 Å². The van der Waals surface area contributed by atoms with Gasteiger partial charge in [0.2, 0.25) is 0 Å². The van der Waals surface area contributed by atoms with Crippen molar-refractivity contribution in [3.63, 3.8) is 0 Å². The van der Waals surface area contributed by atoms with Gasteiger partial charge >= 0.3 is 0 Å². The molecule has 0 saturated heterocycles. The first-order valence-corrected chi connectivity index (χ1v) is 6.61. The Morgan fingerprint density at radius 2 is 1.43 bits per heavy atom. The molecule has 14 heavy (non-hydrogen) atoms. The molecule has 0 saturated carbocycles. The molecule has 1 aliphatic carbocycles. The standard InChI is InChI=1S/C14H26/c1-2-14-12-10-8-6-4-3-5-7-9-11-13-14/h12H,2-11,13H2,1H3. The molecule has 0 atom stereocenters. The van der Waals surface area contributed by atoms with Crippen molar-refractivity contribution in [3.8, 4) is 0 Å². The van der Waals surface area contributed by atoms with E-state index in [2.05, 4.69) is 13.0 Å². The fourth-order valence-electron chi connectivity index (χ4n) is 2.29. The highest BCUT2D eigenvalue weighted by atomic mass is 14.0. The Morgan fingerprint density at radius 3 is 2.07 bits per heavy atom. The third kappa shape index (κ3) is 5.47. The van der Waals surface area contributed by atoms with E-state index in [9.17, 15) is 0 Å². The zero-order valence-corrected chi connectivity index (χ0v) is 9.86. The molecular formula is C14H26. The first kappa shape index (κ1) is 11.8. The molecule has 0 aromatic heterocycles. The average molecular weight is 194 g/mol. The van der Waals surface area contributed by atoms with Gasteiger partial charge in [-0.2, -0.15) is 0 Å². The summed E-state index contributed by atoms with van der Waals surface area (Å²) in [6.45, 7) is 2.30. The van der Waals surface area contributed by atoms with E-state index in [1.165, 1.54) is 70.6 Å². The van der Waals surface area contributed by atoms with Crippen molar-refractivity contribution in [1.29, 1.82) is 0 Å². The van der Waals surface area contributed by atoms with Gasteiger partial charge in [0.1, 0.15) is 0 Å². The molecule has 0 amide bonds. The van der Waals surface area contributed by atoms with Crippen molar-refractivity contribution in [1.82, 2.24) is 0 Å². The molecule has 0 heterocycles. The fourth-order valence-corrected chi connectivity index (χ4v) is 2.29. The summed E-state index contributed by atoms with van der Waals surface area (Å²) in [5.74, 6) is 0. The lowest BCUT2D eigenvalue weighted by Gasteiger charge is -2.07. The van der Waals surface area contributed by atoms with E-state index < -0.39 is 0 Å². The molecule has 1 aliphatic rings. The van der Waals surface area contributed by atoms with Gasteiger partial charge in [0.25, 0.3) is 0 Å². The maximum atomic E-state index is 2.52. The lowest BCUT2D eigenvalue weighted by atomic mass is 9.99. The van der Waals surface area contributed by atoms with Crippen LogP contribution in [0.2, 0.25) is 0 Å². The Bertz CT molecular complexity index is 155. The van der Waals surface area contributed by atoms with E-state index >= 15 is 0 Å². The molecule has 0 spiro atoms. The van der Waals surface area contributed by atoms with E-state index in [0.29, 0.717) is 0 Å². The molecule has 0 unspecified atom stereocenters. The third-order valence-electron chi connectivity index (χ3n) is 3.34. The second-order valence-electron chi connectivity index (χ2n) is 4.58. The summed E-state index contributed by atoms with van der Waals surface area (Å²) in [7, 11) is 0. The van der Waals surface area contributed by atoms with Gasteiger partial charge in [-0.1, -0.05) is 57.1 Å². The number of allylic oxidation sites excluding steroid dienone is 2. The summed E-state index contributed by atoms with van der Waals surface area (Å²) in [4.78, 5) is 0. The van der Waals surface area contributed by atoms with Crippen LogP contribution in [0, 0.1) is 0 Å². The van der Waals surface area contributed by atoms with Crippen LogP contribution < -0.4 is 0 Å². The van der Waals surface area contributed by atoms with Crippen molar-refractivity contribution in [2.45, 2.75) is 77.6 Å². The molecule has 0 radical (unpaired) electrons. The molecule has 0 aromatic carbocycles. The lowest BCUT2D eigenvalue weighted by molar-refractivity contribution is 0.560. The Labute approximate surface area is 89.8 Å². The van der Waals surface area contributed by atoms with E-state index in [4.69, 9.17) is 0 Å². The van der Waals surface area contributed by atoms with Crippen LogP contribution in [0.1, 0.15) is 77.6 Å². The SMILES string of the molecule is CCC1=CCCCCCCCCCC1. The van der Waals surface area contributed by atoms with E-state index in [1.807, 2.05) is 0 Å². The third-order valence-corrected chi connectivity index (χ3v) is 3.34. The van der Waals surface area contributed by atoms with Gasteiger partial charge in [0.05, 0.1) is 0 Å². The summed E-state index contributed by atoms with van der Waals surface area (Å²) in [5.41, 5.74) is 1.71. The Hall–Kier alpha value is -0.260. The molecule has 0 bridgehead atoms. The van der Waals surface area contributed by atoms with Crippen LogP contribution in [0.25, 0.3) is 0 Å². The molecule has 82 valence electrons.